The second-order valence-corrected chi connectivity index (χ2v) is 0.724. The van der Waals surface area contributed by atoms with Gasteiger partial charge in [0.15, 0.2) is 0 Å². The van der Waals surface area contributed by atoms with Crippen LogP contribution in [-0.2, 0) is 0 Å². The van der Waals surface area contributed by atoms with Crippen LogP contribution in [0.4, 0.5) is 0 Å². The quantitative estimate of drug-likeness (QED) is 0.134. The van der Waals surface area contributed by atoms with Crippen LogP contribution in [0.25, 0.3) is 0 Å². The minimum absolute atomic E-state index is 0.0833. The first-order valence-corrected chi connectivity index (χ1v) is 1.41. The van der Waals surface area contributed by atoms with Crippen molar-refractivity contribution < 1.29 is 10.5 Å². The predicted octanol–water partition coefficient (Wildman–Crippen LogP) is -3.22. The van der Waals surface area contributed by atoms with Gasteiger partial charge in [-0.05, 0) is 0 Å². The highest BCUT2D eigenvalue weighted by Gasteiger charge is 1.64. The molecule has 6 N–H and O–H groups in total. The average Bonchev–Trinajstić information content (AvgIpc) is 1.25. The minimum Gasteiger partial charge on any atom is -0.356 e. The Bertz CT molecular complexity index is 69.3. The molecule has 0 radical (unpaired) electrons. The Morgan fingerprint density at radius 1 is 1.50 bits per heavy atom. The Hall–Kier alpha value is -1.53. The van der Waals surface area contributed by atoms with Crippen molar-refractivity contribution in [3.63, 3.8) is 0 Å². The first-order valence-electron chi connectivity index (χ1n) is 1.41. The minimum atomic E-state index is -1.75. The van der Waals surface area contributed by atoms with Crippen molar-refractivity contribution >= 4 is 5.96 Å². The summed E-state index contributed by atoms with van der Waals surface area (Å²) in [4.78, 5) is 8.25. The highest BCUT2D eigenvalue weighted by Crippen LogP contribution is 1.44. The van der Waals surface area contributed by atoms with Gasteiger partial charge in [-0.1, -0.05) is 0 Å². The Labute approximate surface area is 44.5 Å². The summed E-state index contributed by atoms with van der Waals surface area (Å²) < 4.78 is 0. The predicted molar refractivity (Wildman–Crippen MR) is 25.7 cm³/mol. The molecule has 8 heavy (non-hydrogen) atoms. The van der Waals surface area contributed by atoms with E-state index in [1.807, 2.05) is 0 Å². The SMILES string of the molecule is NC(N)=[NH2+].O=[N+]([O-])[O-]. The first kappa shape index (κ1) is 9.69. The lowest BCUT2D eigenvalue weighted by atomic mass is 11.1. The molecule has 0 fully saturated rings. The van der Waals surface area contributed by atoms with Crippen molar-refractivity contribution in [2.45, 2.75) is 0 Å². The van der Waals surface area contributed by atoms with Crippen LogP contribution in [0, 0.1) is 15.3 Å². The van der Waals surface area contributed by atoms with E-state index in [2.05, 4.69) is 16.9 Å². The molecule has 0 saturated heterocycles. The number of nitrogens with zero attached hydrogens (tertiary/aromatic N) is 1. The van der Waals surface area contributed by atoms with Crippen LogP contribution in [0.3, 0.4) is 0 Å². The number of rotatable bonds is 0. The summed E-state index contributed by atoms with van der Waals surface area (Å²) >= 11 is 0. The van der Waals surface area contributed by atoms with Gasteiger partial charge in [-0.2, -0.15) is 0 Å². The van der Waals surface area contributed by atoms with Crippen LogP contribution < -0.4 is 16.9 Å². The van der Waals surface area contributed by atoms with Gasteiger partial charge in [0.2, 0.25) is 0 Å². The van der Waals surface area contributed by atoms with Crippen LogP contribution >= 0.6 is 0 Å². The molecule has 0 aliphatic heterocycles. The van der Waals surface area contributed by atoms with E-state index in [1.54, 1.807) is 0 Å². The molecular weight excluding hydrogens is 116 g/mol. The van der Waals surface area contributed by atoms with Gasteiger partial charge in [-0.25, -0.2) is 0 Å². The van der Waals surface area contributed by atoms with Gasteiger partial charge in [-0.15, -0.1) is 0 Å². The van der Waals surface area contributed by atoms with E-state index < -0.39 is 5.09 Å². The molecule has 0 saturated carbocycles. The van der Waals surface area contributed by atoms with E-state index in [9.17, 15) is 0 Å². The van der Waals surface area contributed by atoms with Gasteiger partial charge in [0, 0.05) is 0 Å². The second kappa shape index (κ2) is 5.47. The molecule has 7 heteroatoms. The lowest BCUT2D eigenvalue weighted by Crippen LogP contribution is -2.51. The molecular formula is CH6N4O3. The fraction of sp³-hybridized carbons (Fsp3) is 0. The first-order chi connectivity index (χ1) is 3.46. The molecule has 0 spiro atoms. The Morgan fingerprint density at radius 3 is 1.50 bits per heavy atom. The zero-order chi connectivity index (χ0) is 7.15. The molecule has 0 heterocycles. The normalized spacial score (nSPS) is 6.00. The molecule has 0 rings (SSSR count). The maximum atomic E-state index is 8.25. The van der Waals surface area contributed by atoms with E-state index in [4.69, 9.17) is 15.3 Å². The van der Waals surface area contributed by atoms with Crippen LogP contribution in [0.5, 0.6) is 0 Å². The number of nitrogens with two attached hydrogens (primary N) is 3. The third-order valence-corrected chi connectivity index (χ3v) is 0. The summed E-state index contributed by atoms with van der Waals surface area (Å²) in [6, 6.07) is 0. The maximum Gasteiger partial charge on any atom is 0.336 e. The van der Waals surface area contributed by atoms with Gasteiger partial charge in [0.05, 0.1) is 5.09 Å². The molecule has 0 amide bonds. The van der Waals surface area contributed by atoms with E-state index in [0.29, 0.717) is 0 Å². The van der Waals surface area contributed by atoms with Crippen molar-refractivity contribution in [3.8, 4) is 0 Å². The van der Waals surface area contributed by atoms with Gasteiger partial charge in [0.25, 0.3) is 0 Å². The topological polar surface area (TPSA) is 144 Å². The largest absolute Gasteiger partial charge is 0.356 e. The molecule has 0 unspecified atom stereocenters. The molecule has 7 nitrogen and oxygen atoms in total. The molecule has 0 aromatic heterocycles. The highest BCUT2D eigenvalue weighted by molar-refractivity contribution is 5.68. The van der Waals surface area contributed by atoms with E-state index >= 15 is 0 Å². The number of hydrogen-bond donors (Lipinski definition) is 3. The highest BCUT2D eigenvalue weighted by atomic mass is 16.9. The summed E-state index contributed by atoms with van der Waals surface area (Å²) in [5.74, 6) is -0.0833. The van der Waals surface area contributed by atoms with Crippen LogP contribution in [0.2, 0.25) is 0 Å². The summed E-state index contributed by atoms with van der Waals surface area (Å²) in [7, 11) is 0. The zero-order valence-corrected chi connectivity index (χ0v) is 3.90. The van der Waals surface area contributed by atoms with Crippen LogP contribution in [0.1, 0.15) is 0 Å². The molecule has 0 aliphatic rings. The number of hydrogen-bond acceptors (Lipinski definition) is 3. The Balaban J connectivity index is 0. The van der Waals surface area contributed by atoms with Crippen molar-refractivity contribution in [1.82, 2.24) is 0 Å². The zero-order valence-electron chi connectivity index (χ0n) is 3.90. The van der Waals surface area contributed by atoms with Crippen molar-refractivity contribution in [3.05, 3.63) is 15.3 Å². The smallest absolute Gasteiger partial charge is 0.336 e. The van der Waals surface area contributed by atoms with Gasteiger partial charge < -0.3 is 15.3 Å². The summed E-state index contributed by atoms with van der Waals surface area (Å²) in [6.45, 7) is 0. The van der Waals surface area contributed by atoms with E-state index in [0.717, 1.165) is 0 Å². The van der Waals surface area contributed by atoms with Gasteiger partial charge in [0.1, 0.15) is 0 Å². The standard InChI is InChI=1S/CH5N3.NO3/c2*2-1(3)4/h(H5,2,3,4);/q;-1/p+1. The summed E-state index contributed by atoms with van der Waals surface area (Å²) in [5, 5.41) is 19.3. The average molecular weight is 122 g/mol. The van der Waals surface area contributed by atoms with E-state index in [-0.39, 0.29) is 5.96 Å². The molecule has 0 aliphatic carbocycles. The molecule has 48 valence electrons. The molecule has 0 aromatic rings. The monoisotopic (exact) mass is 122 g/mol. The van der Waals surface area contributed by atoms with Crippen molar-refractivity contribution in [2.75, 3.05) is 0 Å². The fourth-order valence-electron chi connectivity index (χ4n) is 0. The Kier molecular flexibility index (Phi) is 6.62. The third-order valence-electron chi connectivity index (χ3n) is 0. The summed E-state index contributed by atoms with van der Waals surface area (Å²) in [6.07, 6.45) is 0. The van der Waals surface area contributed by atoms with Crippen LogP contribution in [0.15, 0.2) is 0 Å². The lowest BCUT2D eigenvalue weighted by Gasteiger charge is -1.74. The van der Waals surface area contributed by atoms with Gasteiger partial charge >= 0.3 is 5.96 Å². The van der Waals surface area contributed by atoms with Crippen molar-refractivity contribution in [1.29, 1.82) is 0 Å². The molecule has 0 bridgehead atoms. The Morgan fingerprint density at radius 2 is 1.50 bits per heavy atom. The fourth-order valence-corrected chi connectivity index (χ4v) is 0. The van der Waals surface area contributed by atoms with Crippen LogP contribution in [-0.4, -0.2) is 11.0 Å². The molecule has 0 atom stereocenters. The second-order valence-electron chi connectivity index (χ2n) is 0.724. The third kappa shape index (κ3) is 23.0. The van der Waals surface area contributed by atoms with Gasteiger partial charge in [-0.3, -0.25) is 16.9 Å². The number of guanidine groups is 1. The molecule has 0 aromatic carbocycles. The lowest BCUT2D eigenvalue weighted by molar-refractivity contribution is -0.402. The van der Waals surface area contributed by atoms with Crippen molar-refractivity contribution in [2.24, 2.45) is 11.5 Å². The maximum absolute atomic E-state index is 8.25. The van der Waals surface area contributed by atoms with E-state index in [1.165, 1.54) is 0 Å². The summed E-state index contributed by atoms with van der Waals surface area (Å²) in [5.41, 5.74) is 9.17.